The van der Waals surface area contributed by atoms with E-state index in [0.717, 1.165) is 0 Å². The summed E-state index contributed by atoms with van der Waals surface area (Å²) in [4.78, 5) is 10.9. The molecular formula is C7H13F3N2O3S. The molecule has 0 radical (unpaired) electrons. The SMILES string of the molecule is CC(CN)S(=O)(=O)CC(=O)NCC(F)(F)F. The first kappa shape index (κ1) is 15.2. The van der Waals surface area contributed by atoms with Gasteiger partial charge in [-0.05, 0) is 6.92 Å². The Labute approximate surface area is 91.1 Å². The number of sulfone groups is 1. The maximum atomic E-state index is 11.7. The minimum absolute atomic E-state index is 0.186. The fraction of sp³-hybridized carbons (Fsp3) is 0.857. The average Bonchev–Trinajstić information content (AvgIpc) is 2.11. The van der Waals surface area contributed by atoms with E-state index in [0.29, 0.717) is 0 Å². The number of halogens is 3. The minimum Gasteiger partial charge on any atom is -0.346 e. The molecule has 9 heteroatoms. The zero-order valence-electron chi connectivity index (χ0n) is 8.54. The normalized spacial score (nSPS) is 14.6. The Bertz CT molecular complexity index is 339. The van der Waals surface area contributed by atoms with Crippen LogP contribution in [0.4, 0.5) is 13.2 Å². The van der Waals surface area contributed by atoms with E-state index < -0.39 is 39.5 Å². The molecule has 0 aromatic rings. The monoisotopic (exact) mass is 262 g/mol. The first-order valence-corrected chi connectivity index (χ1v) is 6.05. The third-order valence-corrected chi connectivity index (χ3v) is 3.85. The number of carbonyl (C=O) groups excluding carboxylic acids is 1. The maximum absolute atomic E-state index is 11.7. The van der Waals surface area contributed by atoms with Crippen LogP contribution in [0.5, 0.6) is 0 Å². The standard InChI is InChI=1S/C7H13F3N2O3S/c1-5(2-11)16(14,15)3-6(13)12-4-7(8,9)10/h5H,2-4,11H2,1H3,(H,12,13). The molecule has 0 aliphatic heterocycles. The highest BCUT2D eigenvalue weighted by atomic mass is 32.2. The van der Waals surface area contributed by atoms with Gasteiger partial charge >= 0.3 is 6.18 Å². The largest absolute Gasteiger partial charge is 0.405 e. The molecule has 0 bridgehead atoms. The number of hydrogen-bond donors (Lipinski definition) is 2. The molecule has 0 aromatic heterocycles. The van der Waals surface area contributed by atoms with Crippen LogP contribution in [-0.4, -0.2) is 44.6 Å². The predicted molar refractivity (Wildman–Crippen MR) is 51.4 cm³/mol. The summed E-state index contributed by atoms with van der Waals surface area (Å²) in [6, 6.07) is 0. The number of nitrogens with two attached hydrogens (primary N) is 1. The average molecular weight is 262 g/mol. The van der Waals surface area contributed by atoms with Gasteiger partial charge in [0.2, 0.25) is 5.91 Å². The topological polar surface area (TPSA) is 89.3 Å². The number of hydrogen-bond acceptors (Lipinski definition) is 4. The van der Waals surface area contributed by atoms with Gasteiger partial charge in [-0.2, -0.15) is 13.2 Å². The number of nitrogens with one attached hydrogen (secondary N) is 1. The molecule has 0 heterocycles. The molecule has 0 aromatic carbocycles. The zero-order chi connectivity index (χ0) is 13.0. The molecule has 1 amide bonds. The minimum atomic E-state index is -4.56. The van der Waals surface area contributed by atoms with Crippen molar-refractivity contribution in [2.24, 2.45) is 5.73 Å². The van der Waals surface area contributed by atoms with E-state index in [-0.39, 0.29) is 6.54 Å². The highest BCUT2D eigenvalue weighted by molar-refractivity contribution is 7.92. The Morgan fingerprint density at radius 2 is 1.94 bits per heavy atom. The van der Waals surface area contributed by atoms with Crippen LogP contribution in [0.1, 0.15) is 6.92 Å². The zero-order valence-corrected chi connectivity index (χ0v) is 9.36. The van der Waals surface area contributed by atoms with Gasteiger partial charge in [-0.3, -0.25) is 4.79 Å². The molecule has 0 saturated carbocycles. The summed E-state index contributed by atoms with van der Waals surface area (Å²) in [5.41, 5.74) is 5.09. The summed E-state index contributed by atoms with van der Waals surface area (Å²) in [7, 11) is -3.78. The molecule has 0 saturated heterocycles. The highest BCUT2D eigenvalue weighted by Crippen LogP contribution is 2.12. The number of alkyl halides is 3. The molecule has 16 heavy (non-hydrogen) atoms. The van der Waals surface area contributed by atoms with Gasteiger partial charge in [0.1, 0.15) is 12.3 Å². The third-order valence-electron chi connectivity index (χ3n) is 1.76. The van der Waals surface area contributed by atoms with Crippen LogP contribution in [-0.2, 0) is 14.6 Å². The van der Waals surface area contributed by atoms with Crippen molar-refractivity contribution in [1.82, 2.24) is 5.32 Å². The van der Waals surface area contributed by atoms with Gasteiger partial charge in [0.25, 0.3) is 0 Å². The smallest absolute Gasteiger partial charge is 0.346 e. The summed E-state index contributed by atoms with van der Waals surface area (Å²) >= 11 is 0. The van der Waals surface area contributed by atoms with Crippen molar-refractivity contribution in [3.8, 4) is 0 Å². The van der Waals surface area contributed by atoms with E-state index in [9.17, 15) is 26.4 Å². The van der Waals surface area contributed by atoms with Crippen molar-refractivity contribution in [3.63, 3.8) is 0 Å². The molecule has 1 unspecified atom stereocenters. The van der Waals surface area contributed by atoms with E-state index in [4.69, 9.17) is 5.73 Å². The van der Waals surface area contributed by atoms with Crippen LogP contribution >= 0.6 is 0 Å². The van der Waals surface area contributed by atoms with Crippen LogP contribution in [0, 0.1) is 0 Å². The molecule has 5 nitrogen and oxygen atoms in total. The summed E-state index contributed by atoms with van der Waals surface area (Å²) in [5.74, 6) is -2.17. The lowest BCUT2D eigenvalue weighted by atomic mass is 10.5. The molecule has 0 fully saturated rings. The Morgan fingerprint density at radius 3 is 2.31 bits per heavy atom. The quantitative estimate of drug-likeness (QED) is 0.694. The first-order valence-electron chi connectivity index (χ1n) is 4.33. The Morgan fingerprint density at radius 1 is 1.44 bits per heavy atom. The van der Waals surface area contributed by atoms with Crippen molar-refractivity contribution in [1.29, 1.82) is 0 Å². The van der Waals surface area contributed by atoms with Crippen molar-refractivity contribution >= 4 is 15.7 Å². The lowest BCUT2D eigenvalue weighted by Gasteiger charge is -2.11. The highest BCUT2D eigenvalue weighted by Gasteiger charge is 2.29. The van der Waals surface area contributed by atoms with Crippen molar-refractivity contribution in [2.45, 2.75) is 18.3 Å². The van der Waals surface area contributed by atoms with Crippen LogP contribution in [0.2, 0.25) is 0 Å². The molecule has 0 rings (SSSR count). The molecule has 1 atom stereocenters. The van der Waals surface area contributed by atoms with E-state index in [2.05, 4.69) is 0 Å². The van der Waals surface area contributed by atoms with E-state index >= 15 is 0 Å². The summed E-state index contributed by atoms with van der Waals surface area (Å²) in [6.07, 6.45) is -4.56. The van der Waals surface area contributed by atoms with E-state index in [1.54, 1.807) is 0 Å². The Balaban J connectivity index is 4.26. The molecule has 0 aliphatic rings. The molecular weight excluding hydrogens is 249 g/mol. The van der Waals surface area contributed by atoms with Crippen LogP contribution in [0.25, 0.3) is 0 Å². The lowest BCUT2D eigenvalue weighted by molar-refractivity contribution is -0.137. The lowest BCUT2D eigenvalue weighted by Crippen LogP contribution is -2.40. The summed E-state index contributed by atoms with van der Waals surface area (Å²) in [5, 5.41) is 0.519. The first-order chi connectivity index (χ1) is 7.08. The van der Waals surface area contributed by atoms with Gasteiger partial charge in [0.05, 0.1) is 5.25 Å². The van der Waals surface area contributed by atoms with Crippen molar-refractivity contribution < 1.29 is 26.4 Å². The molecule has 3 N–H and O–H groups in total. The molecule has 0 spiro atoms. The van der Waals surface area contributed by atoms with Gasteiger partial charge in [-0.15, -0.1) is 0 Å². The maximum Gasteiger partial charge on any atom is 0.405 e. The third kappa shape index (κ3) is 5.91. The fourth-order valence-corrected chi connectivity index (χ4v) is 1.77. The van der Waals surface area contributed by atoms with E-state index in [1.807, 2.05) is 0 Å². The van der Waals surface area contributed by atoms with Crippen molar-refractivity contribution in [2.75, 3.05) is 18.8 Å². The summed E-state index contributed by atoms with van der Waals surface area (Å²) < 4.78 is 57.6. The predicted octanol–water partition coefficient (Wildman–Crippen LogP) is -0.573. The van der Waals surface area contributed by atoms with Gasteiger partial charge in [-0.1, -0.05) is 0 Å². The Hall–Kier alpha value is -0.830. The van der Waals surface area contributed by atoms with Crippen LogP contribution in [0.15, 0.2) is 0 Å². The summed E-state index contributed by atoms with van der Waals surface area (Å²) in [6.45, 7) is -0.445. The second-order valence-electron chi connectivity index (χ2n) is 3.25. The fourth-order valence-electron chi connectivity index (χ4n) is 0.721. The van der Waals surface area contributed by atoms with E-state index in [1.165, 1.54) is 12.2 Å². The van der Waals surface area contributed by atoms with Crippen molar-refractivity contribution in [3.05, 3.63) is 0 Å². The van der Waals surface area contributed by atoms with Gasteiger partial charge in [0, 0.05) is 6.54 Å². The molecule has 96 valence electrons. The van der Waals surface area contributed by atoms with Crippen LogP contribution in [0.3, 0.4) is 0 Å². The number of rotatable bonds is 5. The molecule has 0 aliphatic carbocycles. The Kier molecular flexibility index (Phi) is 5.20. The number of carbonyl (C=O) groups is 1. The second kappa shape index (κ2) is 5.48. The van der Waals surface area contributed by atoms with Gasteiger partial charge in [-0.25, -0.2) is 8.42 Å². The number of amides is 1. The van der Waals surface area contributed by atoms with Crippen LogP contribution < -0.4 is 11.1 Å². The van der Waals surface area contributed by atoms with Gasteiger partial charge < -0.3 is 11.1 Å². The second-order valence-corrected chi connectivity index (χ2v) is 5.66. The van der Waals surface area contributed by atoms with Gasteiger partial charge in [0.15, 0.2) is 9.84 Å².